The van der Waals surface area contributed by atoms with Crippen LogP contribution in [0.25, 0.3) is 0 Å². The molecule has 0 saturated heterocycles. The highest BCUT2D eigenvalue weighted by atomic mass is 16.3. The summed E-state index contributed by atoms with van der Waals surface area (Å²) >= 11 is 0. The Balaban J connectivity index is 3.09. The molecule has 1 aliphatic rings. The van der Waals surface area contributed by atoms with Gasteiger partial charge in [0.2, 0.25) is 0 Å². The van der Waals surface area contributed by atoms with Gasteiger partial charge in [0, 0.05) is 0 Å². The molecule has 0 heterocycles. The first kappa shape index (κ1) is 26.1. The molecule has 6 nitrogen and oxygen atoms in total. The Morgan fingerprint density at radius 2 is 0.867 bits per heavy atom. The van der Waals surface area contributed by atoms with Gasteiger partial charge in [-0.1, -0.05) is 19.7 Å². The minimum absolute atomic E-state index is 0.0862. The number of hydrogen-bond donors (Lipinski definition) is 3. The molecular formula is C24H36O6. The predicted octanol–water partition coefficient (Wildman–Crippen LogP) is 2.71. The Morgan fingerprint density at radius 1 is 0.667 bits per heavy atom. The van der Waals surface area contributed by atoms with E-state index in [1.807, 2.05) is 0 Å². The maximum atomic E-state index is 12.0. The van der Waals surface area contributed by atoms with Crippen LogP contribution in [0.2, 0.25) is 0 Å². The first-order valence-electron chi connectivity index (χ1n) is 10.4. The maximum absolute atomic E-state index is 12.0. The van der Waals surface area contributed by atoms with E-state index < -0.39 is 34.2 Å². The van der Waals surface area contributed by atoms with Crippen LogP contribution in [0.3, 0.4) is 0 Å². The van der Waals surface area contributed by atoms with Gasteiger partial charge in [-0.15, -0.1) is 0 Å². The topological polar surface area (TPSA) is 112 Å². The van der Waals surface area contributed by atoms with Crippen molar-refractivity contribution >= 4 is 17.3 Å². The van der Waals surface area contributed by atoms with Crippen molar-refractivity contribution in [3.63, 3.8) is 0 Å². The van der Waals surface area contributed by atoms with Gasteiger partial charge < -0.3 is 15.3 Å². The van der Waals surface area contributed by atoms with E-state index in [9.17, 15) is 29.7 Å². The van der Waals surface area contributed by atoms with Crippen molar-refractivity contribution in [2.24, 2.45) is 17.8 Å². The minimum atomic E-state index is -1.57. The Labute approximate surface area is 179 Å². The number of carbonyl (C=O) groups is 3. The molecule has 1 aliphatic carbocycles. The van der Waals surface area contributed by atoms with Gasteiger partial charge in [0.05, 0.1) is 0 Å². The molecule has 1 saturated carbocycles. The summed E-state index contributed by atoms with van der Waals surface area (Å²) < 4.78 is 0. The maximum Gasteiger partial charge on any atom is 0.186 e. The largest absolute Gasteiger partial charge is 0.382 e. The summed E-state index contributed by atoms with van der Waals surface area (Å²) in [4.78, 5) is 36.1. The van der Waals surface area contributed by atoms with Crippen LogP contribution in [0.1, 0.15) is 59.3 Å². The molecule has 168 valence electrons. The summed E-state index contributed by atoms with van der Waals surface area (Å²) in [6, 6.07) is 0. The van der Waals surface area contributed by atoms with E-state index in [4.69, 9.17) is 0 Å². The fourth-order valence-electron chi connectivity index (χ4n) is 4.85. The second kappa shape index (κ2) is 9.94. The SMILES string of the molecule is C=CC(=O)C(C)(O)CC1CC(CC(C)(O)C(=O)C=C)CC(CC(C)(O)C(=O)C=C)C1. The molecule has 0 aromatic rings. The molecule has 3 unspecified atom stereocenters. The molecule has 0 radical (unpaired) electrons. The quantitative estimate of drug-likeness (QED) is 0.419. The molecule has 30 heavy (non-hydrogen) atoms. The fourth-order valence-corrected chi connectivity index (χ4v) is 4.85. The molecule has 3 N–H and O–H groups in total. The molecule has 1 fully saturated rings. The predicted molar refractivity (Wildman–Crippen MR) is 116 cm³/mol. The zero-order chi connectivity index (χ0) is 23.3. The molecule has 0 aliphatic heterocycles. The number of hydrogen-bond acceptors (Lipinski definition) is 6. The first-order valence-corrected chi connectivity index (χ1v) is 10.4. The van der Waals surface area contributed by atoms with Crippen molar-refractivity contribution in [1.82, 2.24) is 0 Å². The minimum Gasteiger partial charge on any atom is -0.382 e. The molecule has 3 atom stereocenters. The second-order valence-corrected chi connectivity index (χ2v) is 9.44. The van der Waals surface area contributed by atoms with Gasteiger partial charge in [0.25, 0.3) is 0 Å². The van der Waals surface area contributed by atoms with Crippen LogP contribution in [0, 0.1) is 17.8 Å². The molecule has 6 heteroatoms. The number of ketones is 3. The average molecular weight is 421 g/mol. The Kier molecular flexibility index (Phi) is 8.67. The molecule has 1 rings (SSSR count). The summed E-state index contributed by atoms with van der Waals surface area (Å²) in [6.07, 6.45) is 5.69. The van der Waals surface area contributed by atoms with Crippen LogP contribution in [0.5, 0.6) is 0 Å². The average Bonchev–Trinajstić information content (AvgIpc) is 2.64. The standard InChI is InChI=1S/C24H36O6/c1-7-19(25)22(4,28)13-16-10-17(14-23(5,29)20(26)8-2)12-18(11-16)15-24(6,30)21(27)9-3/h7-9,16-18,28-30H,1-3,10-15H2,4-6H3. The molecule has 0 aromatic carbocycles. The first-order chi connectivity index (χ1) is 13.7. The van der Waals surface area contributed by atoms with E-state index in [1.54, 1.807) is 0 Å². The van der Waals surface area contributed by atoms with Gasteiger partial charge in [0.1, 0.15) is 16.8 Å². The Bertz CT molecular complexity index is 599. The zero-order valence-corrected chi connectivity index (χ0v) is 18.4. The van der Waals surface area contributed by atoms with Crippen LogP contribution in [0.4, 0.5) is 0 Å². The zero-order valence-electron chi connectivity index (χ0n) is 18.4. The smallest absolute Gasteiger partial charge is 0.186 e. The summed E-state index contributed by atoms with van der Waals surface area (Å²) in [7, 11) is 0. The van der Waals surface area contributed by atoms with Crippen molar-refractivity contribution in [2.75, 3.05) is 0 Å². The van der Waals surface area contributed by atoms with Gasteiger partial charge in [-0.05, 0) is 95.3 Å². The Hall–Kier alpha value is -1.89. The van der Waals surface area contributed by atoms with E-state index in [1.165, 1.54) is 20.8 Å². The summed E-state index contributed by atoms with van der Waals surface area (Å²) in [5.74, 6) is -1.66. The monoisotopic (exact) mass is 420 g/mol. The lowest BCUT2D eigenvalue weighted by atomic mass is 9.66. The summed E-state index contributed by atoms with van der Waals surface area (Å²) in [5.41, 5.74) is -4.71. The summed E-state index contributed by atoms with van der Waals surface area (Å²) in [6.45, 7) is 14.7. The van der Waals surface area contributed by atoms with Gasteiger partial charge in [-0.25, -0.2) is 0 Å². The van der Waals surface area contributed by atoms with Crippen molar-refractivity contribution in [3.8, 4) is 0 Å². The Morgan fingerprint density at radius 3 is 1.03 bits per heavy atom. The third-order valence-electron chi connectivity index (χ3n) is 6.21. The highest BCUT2D eigenvalue weighted by Gasteiger charge is 2.42. The highest BCUT2D eigenvalue weighted by Crippen LogP contribution is 2.43. The van der Waals surface area contributed by atoms with E-state index in [2.05, 4.69) is 19.7 Å². The van der Waals surface area contributed by atoms with Crippen LogP contribution < -0.4 is 0 Å². The van der Waals surface area contributed by atoms with Crippen molar-refractivity contribution < 1.29 is 29.7 Å². The number of rotatable bonds is 12. The third-order valence-corrected chi connectivity index (χ3v) is 6.21. The lowest BCUT2D eigenvalue weighted by Crippen LogP contribution is -2.43. The van der Waals surface area contributed by atoms with Crippen molar-refractivity contribution in [2.45, 2.75) is 76.1 Å². The van der Waals surface area contributed by atoms with Crippen LogP contribution in [-0.2, 0) is 14.4 Å². The molecule has 0 amide bonds. The van der Waals surface area contributed by atoms with Gasteiger partial charge >= 0.3 is 0 Å². The lowest BCUT2D eigenvalue weighted by Gasteiger charge is -2.41. The fraction of sp³-hybridized carbons (Fsp3) is 0.625. The summed E-state index contributed by atoms with van der Waals surface area (Å²) in [5, 5.41) is 31.7. The lowest BCUT2D eigenvalue weighted by molar-refractivity contribution is -0.135. The van der Waals surface area contributed by atoms with E-state index >= 15 is 0 Å². The van der Waals surface area contributed by atoms with Crippen LogP contribution >= 0.6 is 0 Å². The normalized spacial score (nSPS) is 27.6. The van der Waals surface area contributed by atoms with Crippen LogP contribution in [0.15, 0.2) is 38.0 Å². The molecule has 0 aromatic heterocycles. The van der Waals surface area contributed by atoms with Crippen LogP contribution in [-0.4, -0.2) is 49.5 Å². The van der Waals surface area contributed by atoms with E-state index in [-0.39, 0.29) is 37.0 Å². The van der Waals surface area contributed by atoms with Crippen molar-refractivity contribution in [1.29, 1.82) is 0 Å². The molecule has 0 spiro atoms. The van der Waals surface area contributed by atoms with Gasteiger partial charge in [-0.2, -0.15) is 0 Å². The third kappa shape index (κ3) is 6.83. The molecule has 0 bridgehead atoms. The number of aliphatic hydroxyl groups is 3. The number of carbonyl (C=O) groups excluding carboxylic acids is 3. The van der Waals surface area contributed by atoms with E-state index in [0.29, 0.717) is 19.3 Å². The van der Waals surface area contributed by atoms with E-state index in [0.717, 1.165) is 18.2 Å². The second-order valence-electron chi connectivity index (χ2n) is 9.44. The highest BCUT2D eigenvalue weighted by molar-refractivity contribution is 5.96. The molecular weight excluding hydrogens is 384 g/mol. The van der Waals surface area contributed by atoms with Gasteiger partial charge in [0.15, 0.2) is 17.3 Å². The van der Waals surface area contributed by atoms with Crippen molar-refractivity contribution in [3.05, 3.63) is 38.0 Å². The van der Waals surface area contributed by atoms with Gasteiger partial charge in [-0.3, -0.25) is 14.4 Å².